The Morgan fingerprint density at radius 1 is 1.21 bits per heavy atom. The molecule has 10 heteroatoms. The third-order valence-electron chi connectivity index (χ3n) is 2.81. The first-order valence-electron chi connectivity index (χ1n) is 6.28. The summed E-state index contributed by atoms with van der Waals surface area (Å²) in [5.74, 6) is -0.675. The average Bonchev–Trinajstić information content (AvgIpc) is 2.50. The van der Waals surface area contributed by atoms with Gasteiger partial charge in [0.1, 0.15) is 6.61 Å². The topological polar surface area (TPSA) is 51.2 Å². The Morgan fingerprint density at radius 2 is 1.92 bits per heavy atom. The number of nitrogens with one attached hydrogen (secondary N) is 1. The predicted octanol–water partition coefficient (Wildman–Crippen LogP) is 4.92. The summed E-state index contributed by atoms with van der Waals surface area (Å²) in [6, 6.07) is 5.18. The van der Waals surface area contributed by atoms with Gasteiger partial charge in [-0.15, -0.1) is 0 Å². The van der Waals surface area contributed by atoms with Crippen molar-refractivity contribution in [3.05, 3.63) is 62.4 Å². The molecule has 0 fully saturated rings. The Bertz CT molecular complexity index is 769. The van der Waals surface area contributed by atoms with Crippen LogP contribution >= 0.6 is 34.8 Å². The molecule has 0 atom stereocenters. The minimum atomic E-state index is -4.55. The Morgan fingerprint density at radius 3 is 2.54 bits per heavy atom. The first-order valence-corrected chi connectivity index (χ1v) is 7.41. The molecule has 1 aromatic heterocycles. The van der Waals surface area contributed by atoms with Crippen LogP contribution in [0.3, 0.4) is 0 Å². The molecule has 0 radical (unpaired) electrons. The van der Waals surface area contributed by atoms with Crippen LogP contribution in [-0.2, 0) is 17.6 Å². The number of benzene rings is 1. The van der Waals surface area contributed by atoms with Crippen molar-refractivity contribution < 1.29 is 22.8 Å². The number of aromatic nitrogens is 1. The first kappa shape index (κ1) is 18.8. The fraction of sp³-hybridized carbons (Fsp3) is 0.143. The SMILES string of the molecule is O=C(NOCc1ncc(C(F)(F)F)cc1Cl)c1cccc(Cl)c1Cl. The van der Waals surface area contributed by atoms with Crippen LogP contribution in [0.2, 0.25) is 15.1 Å². The number of hydrogen-bond donors (Lipinski definition) is 1. The van der Waals surface area contributed by atoms with Crippen LogP contribution in [0.15, 0.2) is 30.5 Å². The van der Waals surface area contributed by atoms with Gasteiger partial charge in [0.25, 0.3) is 5.91 Å². The van der Waals surface area contributed by atoms with E-state index in [2.05, 4.69) is 10.5 Å². The predicted molar refractivity (Wildman–Crippen MR) is 83.0 cm³/mol. The Hall–Kier alpha value is -1.54. The lowest BCUT2D eigenvalue weighted by molar-refractivity contribution is -0.137. The summed E-state index contributed by atoms with van der Waals surface area (Å²) in [4.78, 5) is 20.4. The zero-order valence-corrected chi connectivity index (χ0v) is 13.9. The minimum Gasteiger partial charge on any atom is -0.267 e. The van der Waals surface area contributed by atoms with Crippen molar-refractivity contribution >= 4 is 40.7 Å². The molecular formula is C14H8Cl3F3N2O2. The maximum Gasteiger partial charge on any atom is 0.417 e. The van der Waals surface area contributed by atoms with Gasteiger partial charge in [0.2, 0.25) is 0 Å². The standard InChI is InChI=1S/C14H8Cl3F3N2O2/c15-9-3-1-2-8(12(9)17)13(23)22-24-6-11-10(16)4-7(5-21-11)14(18,19)20/h1-5H,6H2,(H,22,23). The van der Waals surface area contributed by atoms with Gasteiger partial charge in [0, 0.05) is 6.20 Å². The second-order valence-electron chi connectivity index (χ2n) is 4.47. The van der Waals surface area contributed by atoms with Gasteiger partial charge in [-0.25, -0.2) is 5.48 Å². The van der Waals surface area contributed by atoms with Gasteiger partial charge < -0.3 is 0 Å². The van der Waals surface area contributed by atoms with Crippen molar-refractivity contribution in [1.29, 1.82) is 0 Å². The summed E-state index contributed by atoms with van der Waals surface area (Å²) in [5, 5.41) is 0.00239. The number of halogens is 6. The number of pyridine rings is 1. The Kier molecular flexibility index (Phi) is 5.92. The van der Waals surface area contributed by atoms with Crippen molar-refractivity contribution in [2.24, 2.45) is 0 Å². The van der Waals surface area contributed by atoms with Crippen LogP contribution in [0, 0.1) is 0 Å². The number of carbonyl (C=O) groups is 1. The molecule has 0 saturated carbocycles. The number of rotatable bonds is 4. The normalized spacial score (nSPS) is 11.4. The summed E-state index contributed by atoms with van der Waals surface area (Å²) in [7, 11) is 0. The van der Waals surface area contributed by atoms with Gasteiger partial charge >= 0.3 is 6.18 Å². The van der Waals surface area contributed by atoms with Gasteiger partial charge in [0.15, 0.2) is 0 Å². The molecule has 1 heterocycles. The van der Waals surface area contributed by atoms with Crippen molar-refractivity contribution in [1.82, 2.24) is 10.5 Å². The van der Waals surface area contributed by atoms with Crippen LogP contribution in [0.1, 0.15) is 21.6 Å². The van der Waals surface area contributed by atoms with E-state index in [1.807, 2.05) is 0 Å². The first-order chi connectivity index (χ1) is 11.2. The Labute approximate surface area is 149 Å². The maximum atomic E-state index is 12.5. The molecule has 1 N–H and O–H groups in total. The van der Waals surface area contributed by atoms with E-state index in [1.54, 1.807) is 0 Å². The van der Waals surface area contributed by atoms with E-state index >= 15 is 0 Å². The summed E-state index contributed by atoms with van der Waals surface area (Å²) < 4.78 is 37.5. The monoisotopic (exact) mass is 398 g/mol. The summed E-state index contributed by atoms with van der Waals surface area (Å²) in [5.41, 5.74) is 1.21. The van der Waals surface area contributed by atoms with E-state index in [1.165, 1.54) is 18.2 Å². The number of hydrogen-bond acceptors (Lipinski definition) is 3. The lowest BCUT2D eigenvalue weighted by atomic mass is 10.2. The van der Waals surface area contributed by atoms with E-state index in [4.69, 9.17) is 39.6 Å². The molecule has 2 aromatic rings. The third kappa shape index (κ3) is 4.51. The summed E-state index contributed by atoms with van der Waals surface area (Å²) >= 11 is 17.4. The van der Waals surface area contributed by atoms with Crippen LogP contribution < -0.4 is 5.48 Å². The maximum absolute atomic E-state index is 12.5. The zero-order chi connectivity index (χ0) is 17.9. The molecule has 4 nitrogen and oxygen atoms in total. The van der Waals surface area contributed by atoms with E-state index in [0.717, 1.165) is 6.07 Å². The van der Waals surface area contributed by atoms with Crippen LogP contribution in [-0.4, -0.2) is 10.9 Å². The zero-order valence-electron chi connectivity index (χ0n) is 11.6. The molecule has 24 heavy (non-hydrogen) atoms. The van der Waals surface area contributed by atoms with E-state index < -0.39 is 17.6 Å². The van der Waals surface area contributed by atoms with Crippen molar-refractivity contribution in [2.75, 3.05) is 0 Å². The van der Waals surface area contributed by atoms with E-state index in [-0.39, 0.29) is 32.9 Å². The number of amides is 1. The fourth-order valence-corrected chi connectivity index (χ4v) is 2.24. The molecular weight excluding hydrogens is 392 g/mol. The lowest BCUT2D eigenvalue weighted by Crippen LogP contribution is -2.24. The van der Waals surface area contributed by atoms with E-state index in [9.17, 15) is 18.0 Å². The van der Waals surface area contributed by atoms with Gasteiger partial charge in [-0.3, -0.25) is 14.6 Å². The number of hydroxylamine groups is 1. The molecule has 0 aliphatic carbocycles. The molecule has 0 aliphatic rings. The third-order valence-corrected chi connectivity index (χ3v) is 3.96. The largest absolute Gasteiger partial charge is 0.417 e. The van der Waals surface area contributed by atoms with Crippen molar-refractivity contribution in [3.63, 3.8) is 0 Å². The van der Waals surface area contributed by atoms with Gasteiger partial charge in [0.05, 0.1) is 31.9 Å². The average molecular weight is 400 g/mol. The van der Waals surface area contributed by atoms with Gasteiger partial charge in [-0.1, -0.05) is 40.9 Å². The van der Waals surface area contributed by atoms with Crippen molar-refractivity contribution in [3.8, 4) is 0 Å². The number of carbonyl (C=O) groups excluding carboxylic acids is 1. The van der Waals surface area contributed by atoms with Crippen molar-refractivity contribution in [2.45, 2.75) is 12.8 Å². The highest BCUT2D eigenvalue weighted by atomic mass is 35.5. The molecule has 0 spiro atoms. The van der Waals surface area contributed by atoms with E-state index in [0.29, 0.717) is 6.20 Å². The van der Waals surface area contributed by atoms with Gasteiger partial charge in [-0.2, -0.15) is 13.2 Å². The molecule has 0 saturated heterocycles. The summed E-state index contributed by atoms with van der Waals surface area (Å²) in [6.45, 7) is -0.332. The molecule has 2 rings (SSSR count). The van der Waals surface area contributed by atoms with Crippen LogP contribution in [0.4, 0.5) is 13.2 Å². The quantitative estimate of drug-likeness (QED) is 0.742. The molecule has 1 aromatic carbocycles. The molecule has 0 bridgehead atoms. The van der Waals surface area contributed by atoms with Crippen LogP contribution in [0.25, 0.3) is 0 Å². The molecule has 0 unspecified atom stereocenters. The fourth-order valence-electron chi connectivity index (χ4n) is 1.63. The molecule has 128 valence electrons. The lowest BCUT2D eigenvalue weighted by Gasteiger charge is -2.10. The van der Waals surface area contributed by atoms with Crippen LogP contribution in [0.5, 0.6) is 0 Å². The Balaban J connectivity index is 1.99. The highest BCUT2D eigenvalue weighted by molar-refractivity contribution is 6.43. The molecule has 0 aliphatic heterocycles. The van der Waals surface area contributed by atoms with Gasteiger partial charge in [-0.05, 0) is 18.2 Å². The summed E-state index contributed by atoms with van der Waals surface area (Å²) in [6.07, 6.45) is -3.92. The second-order valence-corrected chi connectivity index (χ2v) is 5.66. The second kappa shape index (κ2) is 7.57. The highest BCUT2D eigenvalue weighted by Crippen LogP contribution is 2.31. The highest BCUT2D eigenvalue weighted by Gasteiger charge is 2.31. The number of alkyl halides is 3. The smallest absolute Gasteiger partial charge is 0.267 e. The minimum absolute atomic E-state index is 0.0298. The molecule has 1 amide bonds. The number of nitrogens with zero attached hydrogens (tertiary/aromatic N) is 1.